The largest absolute Gasteiger partial charge is 0.347 e. The van der Waals surface area contributed by atoms with Crippen LogP contribution in [0.5, 0.6) is 0 Å². The summed E-state index contributed by atoms with van der Waals surface area (Å²) in [5, 5.41) is 3.05. The second kappa shape index (κ2) is 8.99. The molecule has 1 N–H and O–H groups in total. The molecule has 0 spiro atoms. The summed E-state index contributed by atoms with van der Waals surface area (Å²) in [6, 6.07) is 10.7. The molecule has 6 heteroatoms. The molecule has 2 aromatic carbocycles. The molecule has 0 aliphatic rings. The van der Waals surface area contributed by atoms with E-state index < -0.39 is 16.1 Å². The summed E-state index contributed by atoms with van der Waals surface area (Å²) in [5.41, 5.74) is 5.61. The van der Waals surface area contributed by atoms with Crippen LogP contribution >= 0.6 is 0 Å². The van der Waals surface area contributed by atoms with E-state index in [1.807, 2.05) is 65.0 Å². The predicted molar refractivity (Wildman–Crippen MR) is 120 cm³/mol. The zero-order chi connectivity index (χ0) is 21.9. The van der Waals surface area contributed by atoms with Crippen molar-refractivity contribution in [3.8, 4) is 0 Å². The first-order valence-electron chi connectivity index (χ1n) is 9.89. The second-order valence-corrected chi connectivity index (χ2v) is 9.71. The highest BCUT2D eigenvalue weighted by atomic mass is 32.2. The van der Waals surface area contributed by atoms with Crippen LogP contribution in [0.25, 0.3) is 0 Å². The third kappa shape index (κ3) is 5.38. The van der Waals surface area contributed by atoms with Gasteiger partial charge >= 0.3 is 0 Å². The van der Waals surface area contributed by atoms with Crippen molar-refractivity contribution in [2.75, 3.05) is 10.6 Å². The number of amides is 1. The van der Waals surface area contributed by atoms with E-state index in [1.165, 1.54) is 9.87 Å². The minimum absolute atomic E-state index is 0.175. The van der Waals surface area contributed by atoms with Gasteiger partial charge in [0.15, 0.2) is 0 Å². The van der Waals surface area contributed by atoms with Gasteiger partial charge in [0.1, 0.15) is 6.04 Å². The highest BCUT2D eigenvalue weighted by molar-refractivity contribution is 7.92. The van der Waals surface area contributed by atoms with Gasteiger partial charge in [-0.1, -0.05) is 42.8 Å². The van der Waals surface area contributed by atoms with Crippen molar-refractivity contribution >= 4 is 21.6 Å². The summed E-state index contributed by atoms with van der Waals surface area (Å²) in [7, 11) is -3.65. The molecule has 0 saturated heterocycles. The van der Waals surface area contributed by atoms with Gasteiger partial charge in [0.05, 0.1) is 18.0 Å². The Labute approximate surface area is 175 Å². The summed E-state index contributed by atoms with van der Waals surface area (Å²) in [5.74, 6) is -0.317. The second-order valence-electron chi connectivity index (χ2n) is 7.85. The summed E-state index contributed by atoms with van der Waals surface area (Å²) >= 11 is 0. The van der Waals surface area contributed by atoms with E-state index in [0.717, 1.165) is 28.5 Å². The average molecular weight is 417 g/mol. The molecular formula is C23H32N2O3S. The molecule has 2 atom stereocenters. The molecule has 0 aromatic heterocycles. The van der Waals surface area contributed by atoms with Crippen molar-refractivity contribution in [2.45, 2.75) is 60.0 Å². The molecule has 2 aromatic rings. The number of benzene rings is 2. The van der Waals surface area contributed by atoms with Crippen molar-refractivity contribution in [3.63, 3.8) is 0 Å². The standard InChI is InChI=1S/C23H32N2O3S/c1-8-21(20-12-10-15(2)13-18(20)5)24-23(26)19(6)25(29(7,27)28)22-14-16(3)9-11-17(22)4/h9-14,19,21H,8H2,1-7H3,(H,24,26)/t19-,21-/m0/s1. The molecular weight excluding hydrogens is 384 g/mol. The van der Waals surface area contributed by atoms with Crippen LogP contribution in [-0.4, -0.2) is 26.6 Å². The van der Waals surface area contributed by atoms with Crippen LogP contribution in [-0.2, 0) is 14.8 Å². The zero-order valence-corrected chi connectivity index (χ0v) is 19.2. The van der Waals surface area contributed by atoms with Crippen molar-refractivity contribution < 1.29 is 13.2 Å². The molecule has 0 saturated carbocycles. The Morgan fingerprint density at radius 1 is 1.00 bits per heavy atom. The van der Waals surface area contributed by atoms with Gasteiger partial charge in [-0.15, -0.1) is 0 Å². The lowest BCUT2D eigenvalue weighted by atomic mass is 9.97. The average Bonchev–Trinajstić information content (AvgIpc) is 2.62. The summed E-state index contributed by atoms with van der Waals surface area (Å²) in [6.45, 7) is 11.5. The number of nitrogens with one attached hydrogen (secondary N) is 1. The van der Waals surface area contributed by atoms with Crippen LogP contribution in [0.4, 0.5) is 5.69 Å². The molecule has 0 aliphatic heterocycles. The van der Waals surface area contributed by atoms with E-state index in [1.54, 1.807) is 6.92 Å². The van der Waals surface area contributed by atoms with Gasteiger partial charge in [-0.2, -0.15) is 0 Å². The monoisotopic (exact) mass is 416 g/mol. The fraction of sp³-hybridized carbons (Fsp3) is 0.435. The molecule has 0 unspecified atom stereocenters. The predicted octanol–water partition coefficient (Wildman–Crippen LogP) is 4.34. The number of hydrogen-bond donors (Lipinski definition) is 1. The van der Waals surface area contributed by atoms with Crippen LogP contribution in [0.1, 0.15) is 54.1 Å². The molecule has 1 amide bonds. The van der Waals surface area contributed by atoms with Crippen molar-refractivity contribution in [3.05, 3.63) is 64.2 Å². The van der Waals surface area contributed by atoms with Crippen LogP contribution < -0.4 is 9.62 Å². The van der Waals surface area contributed by atoms with Crippen molar-refractivity contribution in [1.82, 2.24) is 5.32 Å². The molecule has 0 bridgehead atoms. The Kier molecular flexibility index (Phi) is 7.11. The number of carbonyl (C=O) groups excluding carboxylic acids is 1. The van der Waals surface area contributed by atoms with Crippen LogP contribution in [0.15, 0.2) is 36.4 Å². The van der Waals surface area contributed by atoms with E-state index in [0.29, 0.717) is 12.1 Å². The third-order valence-electron chi connectivity index (χ3n) is 5.22. The number of rotatable bonds is 7. The smallest absolute Gasteiger partial charge is 0.244 e. The minimum atomic E-state index is -3.65. The Morgan fingerprint density at radius 3 is 2.14 bits per heavy atom. The number of anilines is 1. The van der Waals surface area contributed by atoms with E-state index in [2.05, 4.69) is 11.4 Å². The fourth-order valence-corrected chi connectivity index (χ4v) is 4.87. The lowest BCUT2D eigenvalue weighted by Crippen LogP contribution is -2.49. The Bertz CT molecular complexity index is 999. The Hall–Kier alpha value is -2.34. The maximum Gasteiger partial charge on any atom is 0.244 e. The first-order valence-corrected chi connectivity index (χ1v) is 11.7. The third-order valence-corrected chi connectivity index (χ3v) is 6.44. The van der Waals surface area contributed by atoms with E-state index in [9.17, 15) is 13.2 Å². The molecule has 158 valence electrons. The molecule has 0 aliphatic carbocycles. The van der Waals surface area contributed by atoms with Gasteiger partial charge in [-0.25, -0.2) is 8.42 Å². The van der Waals surface area contributed by atoms with Gasteiger partial charge in [0.2, 0.25) is 15.9 Å². The Balaban J connectivity index is 2.37. The molecule has 0 heterocycles. The SMILES string of the molecule is CC[C@H](NC(=O)[C@H](C)N(c1cc(C)ccc1C)S(C)(=O)=O)c1ccc(C)cc1C. The van der Waals surface area contributed by atoms with Gasteiger partial charge in [0.25, 0.3) is 0 Å². The van der Waals surface area contributed by atoms with Crippen LogP contribution in [0, 0.1) is 27.7 Å². The minimum Gasteiger partial charge on any atom is -0.347 e. The van der Waals surface area contributed by atoms with Crippen molar-refractivity contribution in [2.24, 2.45) is 0 Å². The lowest BCUT2D eigenvalue weighted by Gasteiger charge is -2.31. The molecule has 0 radical (unpaired) electrons. The summed E-state index contributed by atoms with van der Waals surface area (Å²) < 4.78 is 26.4. The number of sulfonamides is 1. The number of carbonyl (C=O) groups is 1. The number of hydrogen-bond acceptors (Lipinski definition) is 3. The highest BCUT2D eigenvalue weighted by Crippen LogP contribution is 2.27. The normalized spacial score (nSPS) is 13.6. The van der Waals surface area contributed by atoms with Crippen LogP contribution in [0.3, 0.4) is 0 Å². The summed E-state index contributed by atoms with van der Waals surface area (Å²) in [6.07, 6.45) is 1.85. The van der Waals surface area contributed by atoms with Crippen molar-refractivity contribution in [1.29, 1.82) is 0 Å². The van der Waals surface area contributed by atoms with Gasteiger partial charge in [-0.05, 0) is 69.4 Å². The topological polar surface area (TPSA) is 66.5 Å². The van der Waals surface area contributed by atoms with E-state index >= 15 is 0 Å². The zero-order valence-electron chi connectivity index (χ0n) is 18.4. The molecule has 0 fully saturated rings. The van der Waals surface area contributed by atoms with E-state index in [4.69, 9.17) is 0 Å². The quantitative estimate of drug-likeness (QED) is 0.730. The van der Waals surface area contributed by atoms with E-state index in [-0.39, 0.29) is 11.9 Å². The number of nitrogens with zero attached hydrogens (tertiary/aromatic N) is 1. The maximum atomic E-state index is 13.1. The van der Waals surface area contributed by atoms with Crippen LogP contribution in [0.2, 0.25) is 0 Å². The highest BCUT2D eigenvalue weighted by Gasteiger charge is 2.31. The van der Waals surface area contributed by atoms with Gasteiger partial charge < -0.3 is 5.32 Å². The number of aryl methyl sites for hydroxylation is 4. The fourth-order valence-electron chi connectivity index (χ4n) is 3.65. The Morgan fingerprint density at radius 2 is 1.59 bits per heavy atom. The molecule has 2 rings (SSSR count). The first kappa shape index (κ1) is 22.9. The van der Waals surface area contributed by atoms with Gasteiger partial charge in [0, 0.05) is 0 Å². The maximum absolute atomic E-state index is 13.1. The molecule has 5 nitrogen and oxygen atoms in total. The lowest BCUT2D eigenvalue weighted by molar-refractivity contribution is -0.122. The van der Waals surface area contributed by atoms with Gasteiger partial charge in [-0.3, -0.25) is 9.10 Å². The first-order chi connectivity index (χ1) is 13.5. The molecule has 29 heavy (non-hydrogen) atoms. The summed E-state index contributed by atoms with van der Waals surface area (Å²) in [4.78, 5) is 13.1.